The van der Waals surface area contributed by atoms with Crippen molar-refractivity contribution >= 4 is 40.7 Å². The van der Waals surface area contributed by atoms with Crippen molar-refractivity contribution in [2.24, 2.45) is 7.05 Å². The molecule has 218 valence electrons. The summed E-state index contributed by atoms with van der Waals surface area (Å²) in [5.41, 5.74) is 5.24. The van der Waals surface area contributed by atoms with Gasteiger partial charge in [-0.15, -0.1) is 0 Å². The highest BCUT2D eigenvalue weighted by Gasteiger charge is 2.45. The molecule has 2 aromatic carbocycles. The van der Waals surface area contributed by atoms with Crippen LogP contribution in [0.4, 0.5) is 5.69 Å². The smallest absolute Gasteiger partial charge is 0.280 e. The number of nitrogens with zero attached hydrogens (tertiary/aromatic N) is 4. The highest BCUT2D eigenvalue weighted by atomic mass is 35.5. The van der Waals surface area contributed by atoms with Crippen molar-refractivity contribution in [1.82, 2.24) is 19.7 Å². The maximum atomic E-state index is 14.3. The van der Waals surface area contributed by atoms with Gasteiger partial charge in [0.25, 0.3) is 11.5 Å². The Bertz CT molecular complexity index is 1770. The summed E-state index contributed by atoms with van der Waals surface area (Å²) in [5.74, 6) is 0.0429. The molecule has 0 radical (unpaired) electrons. The minimum absolute atomic E-state index is 0.00814. The molecule has 9 nitrogen and oxygen atoms in total. The van der Waals surface area contributed by atoms with E-state index < -0.39 is 6.04 Å². The Morgan fingerprint density at radius 1 is 1.12 bits per heavy atom. The average molecular weight is 609 g/mol. The second-order valence-electron chi connectivity index (χ2n) is 10.7. The Morgan fingerprint density at radius 2 is 1.86 bits per heavy atom. The number of hydrogen-bond acceptors (Lipinski definition) is 5. The number of ether oxygens (including phenoxy) is 1. The van der Waals surface area contributed by atoms with Gasteiger partial charge in [0.05, 0.1) is 24.5 Å². The van der Waals surface area contributed by atoms with Gasteiger partial charge in [-0.05, 0) is 59.9 Å². The van der Waals surface area contributed by atoms with Crippen LogP contribution in [0.2, 0.25) is 10.0 Å². The van der Waals surface area contributed by atoms with E-state index in [0.717, 1.165) is 27.9 Å². The van der Waals surface area contributed by atoms with Crippen LogP contribution in [-0.4, -0.2) is 33.3 Å². The predicted octanol–water partition coefficient (Wildman–Crippen LogP) is 5.70. The first-order valence-corrected chi connectivity index (χ1v) is 14.2. The molecule has 1 aliphatic rings. The third kappa shape index (κ3) is 5.07. The fourth-order valence-electron chi connectivity index (χ4n) is 5.50. The van der Waals surface area contributed by atoms with Crippen LogP contribution < -0.4 is 20.5 Å². The van der Waals surface area contributed by atoms with E-state index in [1.54, 1.807) is 36.0 Å². The van der Waals surface area contributed by atoms with Crippen molar-refractivity contribution < 1.29 is 14.3 Å². The van der Waals surface area contributed by atoms with Gasteiger partial charge in [0.1, 0.15) is 16.5 Å². The maximum Gasteiger partial charge on any atom is 0.280 e. The number of benzene rings is 2. The van der Waals surface area contributed by atoms with E-state index in [2.05, 4.69) is 5.32 Å². The van der Waals surface area contributed by atoms with Gasteiger partial charge >= 0.3 is 0 Å². The molecule has 11 heteroatoms. The molecule has 2 amide bonds. The lowest BCUT2D eigenvalue weighted by molar-refractivity contribution is -0.119. The molecule has 1 unspecified atom stereocenters. The molecule has 0 saturated carbocycles. The number of methoxy groups -OCH3 is 1. The molecule has 4 aromatic rings. The molecule has 5 rings (SSSR count). The average Bonchev–Trinajstić information content (AvgIpc) is 3.45. The van der Waals surface area contributed by atoms with Gasteiger partial charge in [0.2, 0.25) is 5.91 Å². The molecule has 3 heterocycles. The summed E-state index contributed by atoms with van der Waals surface area (Å²) in [7, 11) is 3.18. The quantitative estimate of drug-likeness (QED) is 0.290. The SMILES string of the molecule is COc1ccc(CNC(C)=O)cc1-n1nc2c(c1C(C)C)C(c1ccc(Cl)cc1C)N(c1cc(Cl)c(=O)n(C)c1)C2=O. The van der Waals surface area contributed by atoms with Crippen LogP contribution in [0.25, 0.3) is 5.69 Å². The summed E-state index contributed by atoms with van der Waals surface area (Å²) in [4.78, 5) is 39.9. The highest BCUT2D eigenvalue weighted by molar-refractivity contribution is 6.31. The van der Waals surface area contributed by atoms with E-state index in [0.29, 0.717) is 28.7 Å². The number of aromatic nitrogens is 3. The summed E-state index contributed by atoms with van der Waals surface area (Å²) in [6.45, 7) is 7.83. The predicted molar refractivity (Wildman–Crippen MR) is 163 cm³/mol. The minimum atomic E-state index is -0.571. The molecule has 0 spiro atoms. The van der Waals surface area contributed by atoms with Gasteiger partial charge in [0, 0.05) is 37.3 Å². The Hall–Kier alpha value is -4.08. The number of amides is 2. The van der Waals surface area contributed by atoms with Crippen LogP contribution in [-0.2, 0) is 18.4 Å². The van der Waals surface area contributed by atoms with Crippen LogP contribution in [0.3, 0.4) is 0 Å². The van der Waals surface area contributed by atoms with Gasteiger partial charge in [-0.25, -0.2) is 4.68 Å². The van der Waals surface area contributed by atoms with E-state index in [4.69, 9.17) is 33.0 Å². The molecule has 42 heavy (non-hydrogen) atoms. The van der Waals surface area contributed by atoms with Crippen LogP contribution in [0.5, 0.6) is 5.75 Å². The molecule has 1 aliphatic heterocycles. The van der Waals surface area contributed by atoms with E-state index in [1.807, 2.05) is 51.1 Å². The standard InChI is InChI=1S/C31H31Cl2N5O4/c1-16(2)28-26-27(35-38(28)24-12-19(14-34-18(4)39)7-10-25(24)42-6)31(41)37(21-13-23(33)30(40)36(5)15-21)29(26)22-9-8-20(32)11-17(22)3/h7-13,15-16,29H,14H2,1-6H3,(H,34,39). The zero-order valence-corrected chi connectivity index (χ0v) is 25.7. The number of carbonyl (C=O) groups excluding carboxylic acids is 2. The molecule has 0 fully saturated rings. The fourth-order valence-corrected chi connectivity index (χ4v) is 5.97. The van der Waals surface area contributed by atoms with Crippen molar-refractivity contribution in [3.05, 3.63) is 103 Å². The van der Waals surface area contributed by atoms with Crippen LogP contribution in [0, 0.1) is 6.92 Å². The number of carbonyl (C=O) groups is 2. The number of aryl methyl sites for hydroxylation is 2. The first kappa shape index (κ1) is 29.4. The molecule has 1 N–H and O–H groups in total. The van der Waals surface area contributed by atoms with Crippen molar-refractivity contribution in [2.45, 2.75) is 46.2 Å². The van der Waals surface area contributed by atoms with Gasteiger partial charge in [-0.1, -0.05) is 49.2 Å². The zero-order valence-electron chi connectivity index (χ0n) is 24.2. The van der Waals surface area contributed by atoms with Crippen LogP contribution >= 0.6 is 23.2 Å². The molecular weight excluding hydrogens is 577 g/mol. The number of anilines is 1. The molecule has 0 bridgehead atoms. The third-order valence-electron chi connectivity index (χ3n) is 7.40. The Kier molecular flexibility index (Phi) is 7.92. The normalized spacial score (nSPS) is 14.5. The lowest BCUT2D eigenvalue weighted by Gasteiger charge is -2.29. The molecular formula is C31H31Cl2N5O4. The number of fused-ring (bicyclic) bond motifs is 1. The summed E-state index contributed by atoms with van der Waals surface area (Å²) < 4.78 is 8.84. The van der Waals surface area contributed by atoms with E-state index >= 15 is 0 Å². The van der Waals surface area contributed by atoms with Gasteiger partial charge in [-0.3, -0.25) is 19.3 Å². The van der Waals surface area contributed by atoms with Gasteiger partial charge in [0.15, 0.2) is 5.69 Å². The summed E-state index contributed by atoms with van der Waals surface area (Å²) in [6.07, 6.45) is 1.61. The van der Waals surface area contributed by atoms with Crippen molar-refractivity contribution in [1.29, 1.82) is 0 Å². The number of rotatable bonds is 7. The first-order valence-electron chi connectivity index (χ1n) is 13.4. The highest BCUT2D eigenvalue weighted by Crippen LogP contribution is 2.47. The second kappa shape index (κ2) is 11.3. The lowest BCUT2D eigenvalue weighted by atomic mass is 9.92. The zero-order chi connectivity index (χ0) is 30.5. The number of pyridine rings is 1. The van der Waals surface area contributed by atoms with Gasteiger partial charge in [-0.2, -0.15) is 5.10 Å². The van der Waals surface area contributed by atoms with Gasteiger partial charge < -0.3 is 14.6 Å². The summed E-state index contributed by atoms with van der Waals surface area (Å²) in [6, 6.07) is 12.1. The maximum absolute atomic E-state index is 14.3. The first-order chi connectivity index (χ1) is 19.9. The summed E-state index contributed by atoms with van der Waals surface area (Å²) in [5, 5.41) is 8.31. The second-order valence-corrected chi connectivity index (χ2v) is 11.5. The van der Waals surface area contributed by atoms with E-state index in [1.165, 1.54) is 17.6 Å². The molecule has 0 aliphatic carbocycles. The topological polar surface area (TPSA) is 98.5 Å². The van der Waals surface area contributed by atoms with E-state index in [-0.39, 0.29) is 34.0 Å². The fraction of sp³-hybridized carbons (Fsp3) is 0.290. The Labute approximate surface area is 253 Å². The van der Waals surface area contributed by atoms with Crippen molar-refractivity contribution in [3.8, 4) is 11.4 Å². The number of nitrogens with one attached hydrogen (secondary N) is 1. The molecule has 0 saturated heterocycles. The molecule has 2 aromatic heterocycles. The van der Waals surface area contributed by atoms with Crippen LogP contribution in [0.1, 0.15) is 71.2 Å². The van der Waals surface area contributed by atoms with E-state index in [9.17, 15) is 14.4 Å². The molecule has 1 atom stereocenters. The Balaban J connectivity index is 1.78. The third-order valence-corrected chi connectivity index (χ3v) is 7.91. The van der Waals surface area contributed by atoms with Crippen LogP contribution in [0.15, 0.2) is 53.5 Å². The summed E-state index contributed by atoms with van der Waals surface area (Å²) >= 11 is 12.6. The van der Waals surface area contributed by atoms with Crippen molar-refractivity contribution in [3.63, 3.8) is 0 Å². The number of halogens is 2. The largest absolute Gasteiger partial charge is 0.494 e. The minimum Gasteiger partial charge on any atom is -0.494 e. The monoisotopic (exact) mass is 607 g/mol. The number of hydrogen-bond donors (Lipinski definition) is 1. The Morgan fingerprint density at radius 3 is 2.48 bits per heavy atom. The lowest BCUT2D eigenvalue weighted by Crippen LogP contribution is -2.32. The van der Waals surface area contributed by atoms with Crippen molar-refractivity contribution in [2.75, 3.05) is 12.0 Å².